The van der Waals surface area contributed by atoms with Crippen molar-refractivity contribution in [1.29, 1.82) is 0 Å². The average molecular weight is 482 g/mol. The molecule has 0 aliphatic carbocycles. The largest absolute Gasteiger partial charge is 0.416 e. The first-order valence-electron chi connectivity index (χ1n) is 10.0. The van der Waals surface area contributed by atoms with Gasteiger partial charge in [-0.3, -0.25) is 19.7 Å². The van der Waals surface area contributed by atoms with E-state index >= 15 is 0 Å². The zero-order valence-corrected chi connectivity index (χ0v) is 18.2. The fraction of sp³-hybridized carbons (Fsp3) is 0.333. The van der Waals surface area contributed by atoms with Crippen LogP contribution in [-0.4, -0.2) is 35.6 Å². The van der Waals surface area contributed by atoms with Crippen LogP contribution in [0.3, 0.4) is 0 Å². The van der Waals surface area contributed by atoms with Gasteiger partial charge in [0.1, 0.15) is 0 Å². The van der Waals surface area contributed by atoms with Gasteiger partial charge in [0.25, 0.3) is 5.69 Å². The topological polar surface area (TPSA) is 119 Å². The van der Waals surface area contributed by atoms with Crippen molar-refractivity contribution < 1.29 is 27.7 Å². The molecule has 2 aromatic carbocycles. The lowest BCUT2D eigenvalue weighted by molar-refractivity contribution is -0.387. The third-order valence-electron chi connectivity index (χ3n) is 5.09. The second-order valence-electron chi connectivity index (χ2n) is 7.42. The Balaban J connectivity index is 1.79. The Morgan fingerprint density at radius 3 is 2.42 bits per heavy atom. The minimum atomic E-state index is -4.57. The molecule has 0 spiro atoms. The number of carbonyl (C=O) groups is 2. The molecule has 0 atom stereocenters. The van der Waals surface area contributed by atoms with Crippen molar-refractivity contribution in [3.8, 4) is 0 Å². The van der Waals surface area contributed by atoms with Gasteiger partial charge in [-0.05, 0) is 49.6 Å². The normalized spacial score (nSPS) is 14.1. The molecule has 0 bridgehead atoms. The third-order valence-corrected chi connectivity index (χ3v) is 6.16. The van der Waals surface area contributed by atoms with Crippen molar-refractivity contribution in [3.05, 3.63) is 57.6 Å². The number of nitrogens with zero attached hydrogens (tertiary/aromatic N) is 2. The smallest absolute Gasteiger partial charge is 0.370 e. The number of nitrogens with two attached hydrogens (primary N) is 1. The van der Waals surface area contributed by atoms with Crippen LogP contribution in [0, 0.1) is 10.1 Å². The molecule has 2 amide bonds. The Bertz CT molecular complexity index is 1070. The standard InChI is InChI=1S/C21H21F3N4O4S/c22-21(23,24)14-5-6-16(27-8-2-1-3-9-27)15(11-14)26-19(29)12-33-18-7-4-13(20(25)30)10-17(18)28(31)32/h4-7,10-11H,1-3,8-9,12H2,(H2,25,30)(H,26,29). The number of alkyl halides is 3. The maximum absolute atomic E-state index is 13.2. The van der Waals surface area contributed by atoms with Gasteiger partial charge in [0.05, 0.1) is 32.5 Å². The number of primary amides is 1. The predicted molar refractivity (Wildman–Crippen MR) is 118 cm³/mol. The molecule has 12 heteroatoms. The maximum Gasteiger partial charge on any atom is 0.416 e. The Hall–Kier alpha value is -3.28. The summed E-state index contributed by atoms with van der Waals surface area (Å²) >= 11 is 0.833. The van der Waals surface area contributed by atoms with E-state index in [4.69, 9.17) is 5.73 Å². The van der Waals surface area contributed by atoms with Crippen LogP contribution in [0.25, 0.3) is 0 Å². The SMILES string of the molecule is NC(=O)c1ccc(SCC(=O)Nc2cc(C(F)(F)F)ccc2N2CCCCC2)c([N+](=O)[O-])c1. The zero-order valence-electron chi connectivity index (χ0n) is 17.4. The molecule has 3 rings (SSSR count). The van der Waals surface area contributed by atoms with E-state index in [1.54, 1.807) is 0 Å². The zero-order chi connectivity index (χ0) is 24.2. The summed E-state index contributed by atoms with van der Waals surface area (Å²) in [7, 11) is 0. The summed E-state index contributed by atoms with van der Waals surface area (Å²) in [5.41, 5.74) is 4.35. The van der Waals surface area contributed by atoms with Crippen LogP contribution in [0.15, 0.2) is 41.3 Å². The van der Waals surface area contributed by atoms with Gasteiger partial charge in [-0.15, -0.1) is 11.8 Å². The quantitative estimate of drug-likeness (QED) is 0.342. The molecule has 0 saturated carbocycles. The number of nitro benzene ring substituents is 1. The van der Waals surface area contributed by atoms with E-state index in [1.165, 1.54) is 18.2 Å². The number of piperidine rings is 1. The Morgan fingerprint density at radius 1 is 1.12 bits per heavy atom. The van der Waals surface area contributed by atoms with Crippen LogP contribution in [0.5, 0.6) is 0 Å². The molecule has 2 aromatic rings. The monoisotopic (exact) mass is 482 g/mol. The van der Waals surface area contributed by atoms with Gasteiger partial charge in [-0.2, -0.15) is 13.2 Å². The highest BCUT2D eigenvalue weighted by atomic mass is 32.2. The van der Waals surface area contributed by atoms with Crippen molar-refractivity contribution >= 4 is 40.6 Å². The van der Waals surface area contributed by atoms with Crippen LogP contribution in [0.4, 0.5) is 30.2 Å². The van der Waals surface area contributed by atoms with E-state index in [2.05, 4.69) is 5.32 Å². The van der Waals surface area contributed by atoms with Gasteiger partial charge >= 0.3 is 6.18 Å². The van der Waals surface area contributed by atoms with Crippen LogP contribution < -0.4 is 16.0 Å². The van der Waals surface area contributed by atoms with Gasteiger partial charge in [-0.25, -0.2) is 0 Å². The van der Waals surface area contributed by atoms with Crippen molar-refractivity contribution in [2.75, 3.05) is 29.1 Å². The van der Waals surface area contributed by atoms with Crippen LogP contribution in [0.1, 0.15) is 35.2 Å². The van der Waals surface area contributed by atoms with Crippen LogP contribution in [0.2, 0.25) is 0 Å². The molecule has 3 N–H and O–H groups in total. The second kappa shape index (κ2) is 10.1. The molecule has 1 fully saturated rings. The summed E-state index contributed by atoms with van der Waals surface area (Å²) in [6.45, 7) is 1.34. The molecule has 8 nitrogen and oxygen atoms in total. The summed E-state index contributed by atoms with van der Waals surface area (Å²) in [5.74, 6) is -1.74. The Morgan fingerprint density at radius 2 is 1.82 bits per heavy atom. The fourth-order valence-corrected chi connectivity index (χ4v) is 4.29. The molecule has 176 valence electrons. The lowest BCUT2D eigenvalue weighted by Crippen LogP contribution is -2.30. The van der Waals surface area contributed by atoms with Gasteiger partial charge in [0.15, 0.2) is 0 Å². The summed E-state index contributed by atoms with van der Waals surface area (Å²) in [6, 6.07) is 6.86. The fourth-order valence-electron chi connectivity index (χ4n) is 3.49. The number of benzene rings is 2. The molecular formula is C21H21F3N4O4S. The van der Waals surface area contributed by atoms with Gasteiger partial charge in [0, 0.05) is 24.7 Å². The maximum atomic E-state index is 13.2. The predicted octanol–water partition coefficient (Wildman–Crippen LogP) is 4.43. The number of rotatable bonds is 7. The summed E-state index contributed by atoms with van der Waals surface area (Å²) < 4.78 is 39.7. The van der Waals surface area contributed by atoms with E-state index in [0.717, 1.165) is 49.2 Å². The second-order valence-corrected chi connectivity index (χ2v) is 8.44. The van der Waals surface area contributed by atoms with Crippen molar-refractivity contribution in [2.45, 2.75) is 30.3 Å². The number of nitrogens with one attached hydrogen (secondary N) is 1. The number of nitro groups is 1. The number of anilines is 2. The number of thioether (sulfide) groups is 1. The number of hydrogen-bond donors (Lipinski definition) is 2. The summed E-state index contributed by atoms with van der Waals surface area (Å²) in [4.78, 5) is 36.5. The lowest BCUT2D eigenvalue weighted by atomic mass is 10.1. The van der Waals surface area contributed by atoms with E-state index in [-0.39, 0.29) is 21.9 Å². The molecular weight excluding hydrogens is 461 g/mol. The summed E-state index contributed by atoms with van der Waals surface area (Å²) in [6.07, 6.45) is -1.75. The van der Waals surface area contributed by atoms with Crippen molar-refractivity contribution in [2.24, 2.45) is 5.73 Å². The van der Waals surface area contributed by atoms with Gasteiger partial charge < -0.3 is 16.0 Å². The molecule has 1 heterocycles. The summed E-state index contributed by atoms with van der Waals surface area (Å²) in [5, 5.41) is 13.8. The molecule has 0 aromatic heterocycles. The van der Waals surface area contributed by atoms with Crippen molar-refractivity contribution in [3.63, 3.8) is 0 Å². The third kappa shape index (κ3) is 6.15. The minimum absolute atomic E-state index is 0.0379. The molecule has 0 unspecified atom stereocenters. The molecule has 1 aliphatic rings. The van der Waals surface area contributed by atoms with E-state index in [0.29, 0.717) is 18.8 Å². The first-order chi connectivity index (χ1) is 15.6. The average Bonchev–Trinajstić information content (AvgIpc) is 2.77. The van der Waals surface area contributed by atoms with Crippen molar-refractivity contribution in [1.82, 2.24) is 0 Å². The molecule has 33 heavy (non-hydrogen) atoms. The van der Waals surface area contributed by atoms with Gasteiger partial charge in [0.2, 0.25) is 11.8 Å². The lowest BCUT2D eigenvalue weighted by Gasteiger charge is -2.31. The first kappa shape index (κ1) is 24.4. The van der Waals surface area contributed by atoms with Gasteiger partial charge in [-0.1, -0.05) is 0 Å². The van der Waals surface area contributed by atoms with E-state index in [9.17, 15) is 32.9 Å². The molecule has 1 aliphatic heterocycles. The first-order valence-corrected chi connectivity index (χ1v) is 11.0. The number of carbonyl (C=O) groups excluding carboxylic acids is 2. The van der Waals surface area contributed by atoms with Crippen LogP contribution in [-0.2, 0) is 11.0 Å². The Labute approximate surface area is 191 Å². The highest BCUT2D eigenvalue weighted by Gasteiger charge is 2.32. The Kier molecular flexibility index (Phi) is 7.46. The highest BCUT2D eigenvalue weighted by molar-refractivity contribution is 8.00. The number of halogens is 3. The van der Waals surface area contributed by atoms with E-state index in [1.807, 2.05) is 4.90 Å². The number of hydrogen-bond acceptors (Lipinski definition) is 6. The van der Waals surface area contributed by atoms with Crippen LogP contribution >= 0.6 is 11.8 Å². The molecule has 1 saturated heterocycles. The van der Waals surface area contributed by atoms with E-state index < -0.39 is 34.2 Å². The highest BCUT2D eigenvalue weighted by Crippen LogP contribution is 2.37. The minimum Gasteiger partial charge on any atom is -0.370 e. The molecule has 0 radical (unpaired) electrons. The number of amides is 2.